The Balaban J connectivity index is 2.38. The van der Waals surface area contributed by atoms with Crippen LogP contribution in [0.15, 0.2) is 6.20 Å². The molecule has 3 amide bonds. The Kier molecular flexibility index (Phi) is 5.22. The molecule has 0 aliphatic rings. The molecule has 0 aromatic carbocycles. The second-order valence-corrected chi connectivity index (χ2v) is 5.09. The van der Waals surface area contributed by atoms with Crippen molar-refractivity contribution in [2.24, 2.45) is 11.1 Å². The number of carboxylic acid groups (broad SMARTS) is 1. The Bertz CT molecular complexity index is 539. The van der Waals surface area contributed by atoms with Crippen molar-refractivity contribution in [3.05, 3.63) is 11.9 Å². The summed E-state index contributed by atoms with van der Waals surface area (Å²) in [4.78, 5) is 33.1. The summed E-state index contributed by atoms with van der Waals surface area (Å²) in [5.41, 5.74) is 4.76. The van der Waals surface area contributed by atoms with Crippen LogP contribution in [-0.2, 0) is 22.7 Å². The number of hydrogen-bond donors (Lipinski definition) is 4. The molecule has 1 aromatic heterocycles. The summed E-state index contributed by atoms with van der Waals surface area (Å²) >= 11 is 0. The van der Waals surface area contributed by atoms with Crippen LogP contribution in [0.1, 0.15) is 19.5 Å². The molecular formula is C11H18N6O4. The van der Waals surface area contributed by atoms with Crippen molar-refractivity contribution < 1.29 is 19.5 Å². The number of aliphatic carboxylic acids is 1. The molecule has 1 rings (SSSR count). The van der Waals surface area contributed by atoms with Gasteiger partial charge >= 0.3 is 12.0 Å². The SMILES string of the molecule is CC(C)(CNC(=O)NCc1cn(CC(=O)O)nn1)C(N)=O. The van der Waals surface area contributed by atoms with E-state index in [1.54, 1.807) is 13.8 Å². The smallest absolute Gasteiger partial charge is 0.325 e. The summed E-state index contributed by atoms with van der Waals surface area (Å²) in [5.74, 6) is -1.55. The number of nitrogens with two attached hydrogens (primary N) is 1. The van der Waals surface area contributed by atoms with Gasteiger partial charge in [-0.05, 0) is 13.8 Å². The predicted molar refractivity (Wildman–Crippen MR) is 70.9 cm³/mol. The van der Waals surface area contributed by atoms with Gasteiger partial charge in [-0.3, -0.25) is 9.59 Å². The Morgan fingerprint density at radius 1 is 1.38 bits per heavy atom. The average Bonchev–Trinajstić information content (AvgIpc) is 2.80. The van der Waals surface area contributed by atoms with Crippen LogP contribution in [0.25, 0.3) is 0 Å². The van der Waals surface area contributed by atoms with Crippen molar-refractivity contribution in [2.45, 2.75) is 26.9 Å². The van der Waals surface area contributed by atoms with Gasteiger partial charge in [0.2, 0.25) is 5.91 Å². The quantitative estimate of drug-likeness (QED) is 0.489. The molecule has 0 spiro atoms. The van der Waals surface area contributed by atoms with Crippen LogP contribution in [0.5, 0.6) is 0 Å². The molecule has 21 heavy (non-hydrogen) atoms. The molecule has 0 saturated heterocycles. The number of urea groups is 1. The van der Waals surface area contributed by atoms with Crippen LogP contribution in [0.3, 0.4) is 0 Å². The van der Waals surface area contributed by atoms with Gasteiger partial charge in [0.15, 0.2) is 0 Å². The lowest BCUT2D eigenvalue weighted by Gasteiger charge is -2.20. The van der Waals surface area contributed by atoms with Crippen molar-refractivity contribution in [3.8, 4) is 0 Å². The first-order valence-electron chi connectivity index (χ1n) is 6.13. The van der Waals surface area contributed by atoms with Crippen LogP contribution in [0.2, 0.25) is 0 Å². The molecule has 10 heteroatoms. The van der Waals surface area contributed by atoms with E-state index in [-0.39, 0.29) is 19.6 Å². The normalized spacial score (nSPS) is 11.0. The zero-order chi connectivity index (χ0) is 16.0. The van der Waals surface area contributed by atoms with Gasteiger partial charge in [-0.1, -0.05) is 5.21 Å². The number of rotatable bonds is 7. The van der Waals surface area contributed by atoms with Gasteiger partial charge in [0.1, 0.15) is 12.2 Å². The third-order valence-electron chi connectivity index (χ3n) is 2.67. The van der Waals surface area contributed by atoms with Crippen LogP contribution >= 0.6 is 0 Å². The first-order chi connectivity index (χ1) is 9.70. The highest BCUT2D eigenvalue weighted by Gasteiger charge is 2.25. The molecule has 10 nitrogen and oxygen atoms in total. The van der Waals surface area contributed by atoms with Gasteiger partial charge in [-0.25, -0.2) is 9.48 Å². The number of hydrogen-bond acceptors (Lipinski definition) is 5. The largest absolute Gasteiger partial charge is 0.480 e. The molecular weight excluding hydrogens is 280 g/mol. The number of nitrogens with zero attached hydrogens (tertiary/aromatic N) is 3. The molecule has 1 aromatic rings. The zero-order valence-electron chi connectivity index (χ0n) is 11.8. The van der Waals surface area contributed by atoms with Gasteiger partial charge in [0.25, 0.3) is 0 Å². The number of carbonyl (C=O) groups is 3. The topological polar surface area (TPSA) is 152 Å². The maximum atomic E-state index is 11.5. The summed E-state index contributed by atoms with van der Waals surface area (Å²) in [6.07, 6.45) is 1.42. The first kappa shape index (κ1) is 16.4. The van der Waals surface area contributed by atoms with Gasteiger partial charge in [0.05, 0.1) is 18.2 Å². The Morgan fingerprint density at radius 3 is 2.62 bits per heavy atom. The molecule has 0 unspecified atom stereocenters. The van der Waals surface area contributed by atoms with Crippen molar-refractivity contribution in [1.29, 1.82) is 0 Å². The monoisotopic (exact) mass is 298 g/mol. The van der Waals surface area contributed by atoms with Crippen LogP contribution in [-0.4, -0.2) is 44.6 Å². The molecule has 0 atom stereocenters. The van der Waals surface area contributed by atoms with E-state index in [2.05, 4.69) is 20.9 Å². The van der Waals surface area contributed by atoms with Crippen molar-refractivity contribution in [1.82, 2.24) is 25.6 Å². The Morgan fingerprint density at radius 2 is 2.05 bits per heavy atom. The second kappa shape index (κ2) is 6.68. The molecule has 0 aliphatic carbocycles. The molecule has 0 aliphatic heterocycles. The van der Waals surface area contributed by atoms with Gasteiger partial charge in [-0.2, -0.15) is 0 Å². The number of carbonyl (C=O) groups excluding carboxylic acids is 2. The lowest BCUT2D eigenvalue weighted by molar-refractivity contribution is -0.138. The fourth-order valence-electron chi connectivity index (χ4n) is 1.26. The van der Waals surface area contributed by atoms with Crippen LogP contribution in [0, 0.1) is 5.41 Å². The first-order valence-corrected chi connectivity index (χ1v) is 6.13. The average molecular weight is 298 g/mol. The third-order valence-corrected chi connectivity index (χ3v) is 2.67. The lowest BCUT2D eigenvalue weighted by atomic mass is 9.93. The number of nitrogens with one attached hydrogen (secondary N) is 2. The molecule has 5 N–H and O–H groups in total. The van der Waals surface area contributed by atoms with Crippen molar-refractivity contribution in [3.63, 3.8) is 0 Å². The van der Waals surface area contributed by atoms with Gasteiger partial charge < -0.3 is 21.5 Å². The molecule has 0 bridgehead atoms. The number of carboxylic acids is 1. The Labute approximate surface area is 120 Å². The third kappa shape index (κ3) is 5.47. The predicted octanol–water partition coefficient (Wildman–Crippen LogP) is -1.33. The van der Waals surface area contributed by atoms with E-state index < -0.39 is 23.3 Å². The highest BCUT2D eigenvalue weighted by Crippen LogP contribution is 2.11. The van der Waals surface area contributed by atoms with E-state index in [9.17, 15) is 14.4 Å². The van der Waals surface area contributed by atoms with Crippen LogP contribution in [0.4, 0.5) is 4.79 Å². The van der Waals surface area contributed by atoms with Gasteiger partial charge in [0, 0.05) is 6.54 Å². The van der Waals surface area contributed by atoms with Crippen molar-refractivity contribution >= 4 is 17.9 Å². The molecule has 0 saturated carbocycles. The maximum Gasteiger partial charge on any atom is 0.325 e. The molecule has 1 heterocycles. The summed E-state index contributed by atoms with van der Waals surface area (Å²) in [5, 5.41) is 20.9. The van der Waals surface area contributed by atoms with E-state index in [4.69, 9.17) is 10.8 Å². The Hall–Kier alpha value is -2.65. The van der Waals surface area contributed by atoms with E-state index in [1.807, 2.05) is 0 Å². The van der Waals surface area contributed by atoms with Crippen molar-refractivity contribution in [2.75, 3.05) is 6.54 Å². The fourth-order valence-corrected chi connectivity index (χ4v) is 1.26. The van der Waals surface area contributed by atoms with E-state index in [0.717, 1.165) is 4.68 Å². The number of aromatic nitrogens is 3. The number of amides is 3. The summed E-state index contributed by atoms with van der Waals surface area (Å²) in [6, 6.07) is -0.489. The number of primary amides is 1. The molecule has 116 valence electrons. The summed E-state index contributed by atoms with van der Waals surface area (Å²) < 4.78 is 1.15. The van der Waals surface area contributed by atoms with Gasteiger partial charge in [-0.15, -0.1) is 5.10 Å². The molecule has 0 fully saturated rings. The fraction of sp³-hybridized carbons (Fsp3) is 0.545. The summed E-state index contributed by atoms with van der Waals surface area (Å²) in [7, 11) is 0. The highest BCUT2D eigenvalue weighted by atomic mass is 16.4. The minimum atomic E-state index is -1.04. The van der Waals surface area contributed by atoms with E-state index in [1.165, 1.54) is 6.20 Å². The zero-order valence-corrected chi connectivity index (χ0v) is 11.8. The van der Waals surface area contributed by atoms with Crippen LogP contribution < -0.4 is 16.4 Å². The van der Waals surface area contributed by atoms with E-state index >= 15 is 0 Å². The molecule has 0 radical (unpaired) electrons. The highest BCUT2D eigenvalue weighted by molar-refractivity contribution is 5.81. The standard InChI is InChI=1S/C11H18N6O4/c1-11(2,9(12)20)6-14-10(21)13-3-7-4-17(16-15-7)5-8(18)19/h4H,3,5-6H2,1-2H3,(H2,12,20)(H,18,19)(H2,13,14,21). The minimum Gasteiger partial charge on any atom is -0.480 e. The minimum absolute atomic E-state index is 0.0858. The maximum absolute atomic E-state index is 11.5. The summed E-state index contributed by atoms with van der Waals surface area (Å²) in [6.45, 7) is 3.12. The van der Waals surface area contributed by atoms with E-state index in [0.29, 0.717) is 5.69 Å². The lowest BCUT2D eigenvalue weighted by Crippen LogP contribution is -2.45. The second-order valence-electron chi connectivity index (χ2n) is 5.09.